The minimum absolute atomic E-state index is 0.234. The molecule has 0 atom stereocenters. The van der Waals surface area contributed by atoms with Gasteiger partial charge in [-0.1, -0.05) is 13.3 Å². The Balaban J connectivity index is 3.88. The first-order valence-corrected chi connectivity index (χ1v) is 5.27. The van der Waals surface area contributed by atoms with Crippen LogP contribution in [-0.4, -0.2) is 43.2 Å². The first kappa shape index (κ1) is 15.7. The fourth-order valence-electron chi connectivity index (χ4n) is 0.979. The molecule has 0 saturated heterocycles. The van der Waals surface area contributed by atoms with Gasteiger partial charge >= 0.3 is 18.1 Å². The van der Waals surface area contributed by atoms with E-state index in [1.54, 1.807) is 0 Å². The van der Waals surface area contributed by atoms with Crippen LogP contribution in [0.2, 0.25) is 0 Å². The minimum atomic E-state index is -4.90. The van der Waals surface area contributed by atoms with Crippen molar-refractivity contribution in [3.63, 3.8) is 0 Å². The predicted molar refractivity (Wildman–Crippen MR) is 54.2 cm³/mol. The topological polar surface area (TPSA) is 46.6 Å². The van der Waals surface area contributed by atoms with E-state index in [4.69, 9.17) is 4.74 Å². The van der Waals surface area contributed by atoms with Crippen LogP contribution in [0, 0.1) is 0 Å². The smallest absolute Gasteiger partial charge is 0.466 e. The molecule has 0 aromatic carbocycles. The molecule has 0 N–H and O–H groups in total. The second kappa shape index (κ2) is 7.13. The number of amides is 1. The number of alkyl halides is 3. The molecule has 4 nitrogen and oxygen atoms in total. The highest BCUT2D eigenvalue weighted by Crippen LogP contribution is 2.17. The molecule has 1 amide bonds. The molecule has 0 bridgehead atoms. The summed E-state index contributed by atoms with van der Waals surface area (Å²) in [6.07, 6.45) is -3.56. The number of carbonyl (C=O) groups excluding carboxylic acids is 2. The van der Waals surface area contributed by atoms with Crippen LogP contribution in [0.15, 0.2) is 0 Å². The highest BCUT2D eigenvalue weighted by Gasteiger charge is 2.41. The number of carbonyl (C=O) groups is 2. The standard InChI is InChI=1S/C10H16F3NO3/c1-3-4-7-17-8(15)5-6-14(2)9(16)10(11,12)13/h3-7H2,1-2H3. The Labute approximate surface area is 97.7 Å². The number of ether oxygens (including phenoxy) is 1. The van der Waals surface area contributed by atoms with Crippen molar-refractivity contribution in [1.82, 2.24) is 4.90 Å². The average Bonchev–Trinajstić information content (AvgIpc) is 2.24. The number of esters is 1. The third kappa shape index (κ3) is 6.80. The molecule has 0 aliphatic heterocycles. The number of hydrogen-bond donors (Lipinski definition) is 0. The highest BCUT2D eigenvalue weighted by atomic mass is 19.4. The maximum Gasteiger partial charge on any atom is 0.471 e. The molecule has 7 heteroatoms. The summed E-state index contributed by atoms with van der Waals surface area (Å²) in [5.74, 6) is -2.56. The Morgan fingerprint density at radius 3 is 2.35 bits per heavy atom. The summed E-state index contributed by atoms with van der Waals surface area (Å²) >= 11 is 0. The van der Waals surface area contributed by atoms with Crippen LogP contribution in [0.1, 0.15) is 26.2 Å². The summed E-state index contributed by atoms with van der Waals surface area (Å²) in [4.78, 5) is 22.2. The number of hydrogen-bond acceptors (Lipinski definition) is 3. The highest BCUT2D eigenvalue weighted by molar-refractivity contribution is 5.82. The largest absolute Gasteiger partial charge is 0.471 e. The summed E-state index contributed by atoms with van der Waals surface area (Å²) in [6.45, 7) is 1.87. The maximum atomic E-state index is 12.0. The Kier molecular flexibility index (Phi) is 6.60. The number of nitrogens with zero attached hydrogens (tertiary/aromatic N) is 1. The van der Waals surface area contributed by atoms with Gasteiger partial charge in [-0.15, -0.1) is 0 Å². The van der Waals surface area contributed by atoms with Crippen LogP contribution in [-0.2, 0) is 14.3 Å². The van der Waals surface area contributed by atoms with Crippen LogP contribution in [0.25, 0.3) is 0 Å². The number of halogens is 3. The molecule has 0 heterocycles. The van der Waals surface area contributed by atoms with E-state index in [0.717, 1.165) is 13.5 Å². The van der Waals surface area contributed by atoms with Gasteiger partial charge in [-0.25, -0.2) is 0 Å². The van der Waals surface area contributed by atoms with Crippen LogP contribution in [0.4, 0.5) is 13.2 Å². The van der Waals surface area contributed by atoms with Crippen molar-refractivity contribution in [2.75, 3.05) is 20.2 Å². The van der Waals surface area contributed by atoms with Gasteiger partial charge in [0.15, 0.2) is 0 Å². The first-order valence-electron chi connectivity index (χ1n) is 5.27. The fourth-order valence-corrected chi connectivity index (χ4v) is 0.979. The Morgan fingerprint density at radius 2 is 1.88 bits per heavy atom. The van der Waals surface area contributed by atoms with Crippen molar-refractivity contribution in [2.24, 2.45) is 0 Å². The summed E-state index contributed by atoms with van der Waals surface area (Å²) in [5.41, 5.74) is 0. The van der Waals surface area contributed by atoms with E-state index >= 15 is 0 Å². The normalized spacial score (nSPS) is 11.1. The van der Waals surface area contributed by atoms with Gasteiger partial charge in [0.25, 0.3) is 0 Å². The summed E-state index contributed by atoms with van der Waals surface area (Å²) < 4.78 is 40.6. The van der Waals surface area contributed by atoms with Gasteiger partial charge in [0.05, 0.1) is 13.0 Å². The fraction of sp³-hybridized carbons (Fsp3) is 0.800. The van der Waals surface area contributed by atoms with E-state index in [9.17, 15) is 22.8 Å². The van der Waals surface area contributed by atoms with Gasteiger partial charge in [0.2, 0.25) is 0 Å². The van der Waals surface area contributed by atoms with Crippen LogP contribution < -0.4 is 0 Å². The number of unbranched alkanes of at least 4 members (excludes halogenated alkanes) is 1. The van der Waals surface area contributed by atoms with Crippen molar-refractivity contribution >= 4 is 11.9 Å². The summed E-state index contributed by atoms with van der Waals surface area (Å²) in [6, 6.07) is 0. The van der Waals surface area contributed by atoms with E-state index in [-0.39, 0.29) is 19.6 Å². The van der Waals surface area contributed by atoms with E-state index < -0.39 is 18.1 Å². The molecule has 0 unspecified atom stereocenters. The monoisotopic (exact) mass is 255 g/mol. The molecule has 0 fully saturated rings. The molecule has 0 aromatic heterocycles. The van der Waals surface area contributed by atoms with Gasteiger partial charge in [-0.2, -0.15) is 13.2 Å². The molecule has 0 aromatic rings. The molecule has 0 aliphatic rings. The third-order valence-electron chi connectivity index (χ3n) is 2.00. The molecule has 100 valence electrons. The molecule has 0 spiro atoms. The first-order chi connectivity index (χ1) is 7.79. The molecule has 0 aliphatic carbocycles. The van der Waals surface area contributed by atoms with E-state index in [0.29, 0.717) is 11.3 Å². The van der Waals surface area contributed by atoms with Crippen LogP contribution >= 0.6 is 0 Å². The lowest BCUT2D eigenvalue weighted by Gasteiger charge is -2.17. The number of rotatable bonds is 6. The van der Waals surface area contributed by atoms with Gasteiger partial charge in [-0.05, 0) is 6.42 Å². The lowest BCUT2D eigenvalue weighted by Crippen LogP contribution is -2.39. The SMILES string of the molecule is CCCCOC(=O)CCN(C)C(=O)C(F)(F)F. The zero-order valence-corrected chi connectivity index (χ0v) is 9.84. The minimum Gasteiger partial charge on any atom is -0.466 e. The Morgan fingerprint density at radius 1 is 1.29 bits per heavy atom. The quantitative estimate of drug-likeness (QED) is 0.536. The van der Waals surface area contributed by atoms with Crippen molar-refractivity contribution in [1.29, 1.82) is 0 Å². The van der Waals surface area contributed by atoms with E-state index in [1.165, 1.54) is 0 Å². The lowest BCUT2D eigenvalue weighted by molar-refractivity contribution is -0.184. The van der Waals surface area contributed by atoms with Gasteiger partial charge in [-0.3, -0.25) is 9.59 Å². The zero-order valence-electron chi connectivity index (χ0n) is 9.84. The molecule has 0 rings (SSSR count). The van der Waals surface area contributed by atoms with E-state index in [2.05, 4.69) is 0 Å². The van der Waals surface area contributed by atoms with Gasteiger partial charge in [0, 0.05) is 13.6 Å². The van der Waals surface area contributed by atoms with Gasteiger partial charge < -0.3 is 9.64 Å². The lowest BCUT2D eigenvalue weighted by atomic mass is 10.3. The molecule has 0 radical (unpaired) electrons. The van der Waals surface area contributed by atoms with Crippen molar-refractivity contribution in [3.8, 4) is 0 Å². The molecular formula is C10H16F3NO3. The third-order valence-corrected chi connectivity index (χ3v) is 2.00. The molecular weight excluding hydrogens is 239 g/mol. The van der Waals surface area contributed by atoms with Crippen LogP contribution in [0.5, 0.6) is 0 Å². The molecule has 0 saturated carbocycles. The Bertz CT molecular complexity index is 266. The summed E-state index contributed by atoms with van der Waals surface area (Å²) in [7, 11) is 0.995. The predicted octanol–water partition coefficient (Wildman–Crippen LogP) is 1.74. The molecule has 17 heavy (non-hydrogen) atoms. The summed E-state index contributed by atoms with van der Waals surface area (Å²) in [5, 5.41) is 0. The second-order valence-electron chi connectivity index (χ2n) is 3.55. The maximum absolute atomic E-state index is 12.0. The second-order valence-corrected chi connectivity index (χ2v) is 3.55. The Hall–Kier alpha value is -1.27. The van der Waals surface area contributed by atoms with Crippen LogP contribution in [0.3, 0.4) is 0 Å². The van der Waals surface area contributed by atoms with Crippen molar-refractivity contribution in [2.45, 2.75) is 32.4 Å². The zero-order chi connectivity index (χ0) is 13.5. The van der Waals surface area contributed by atoms with Crippen molar-refractivity contribution in [3.05, 3.63) is 0 Å². The van der Waals surface area contributed by atoms with Crippen molar-refractivity contribution < 1.29 is 27.5 Å². The van der Waals surface area contributed by atoms with Gasteiger partial charge in [0.1, 0.15) is 0 Å². The van der Waals surface area contributed by atoms with E-state index in [1.807, 2.05) is 6.92 Å². The average molecular weight is 255 g/mol.